The van der Waals surface area contributed by atoms with Crippen LogP contribution in [0.1, 0.15) is 23.6 Å². The molecule has 1 fully saturated rings. The lowest BCUT2D eigenvalue weighted by Gasteiger charge is -2.26. The maximum absolute atomic E-state index is 13.0. The van der Waals surface area contributed by atoms with Crippen LogP contribution in [-0.4, -0.2) is 65.3 Å². The smallest absolute Gasteiger partial charge is 0.295 e. The maximum Gasteiger partial charge on any atom is 0.295 e. The fraction of sp³-hybridized carbons (Fsp3) is 0.280. The van der Waals surface area contributed by atoms with E-state index in [1.54, 1.807) is 30.3 Å². The number of amides is 1. The van der Waals surface area contributed by atoms with E-state index in [9.17, 15) is 24.8 Å². The minimum atomic E-state index is -0.861. The second-order valence-corrected chi connectivity index (χ2v) is 8.12. The Labute approximate surface area is 197 Å². The molecule has 0 radical (unpaired) electrons. The quantitative estimate of drug-likeness (QED) is 0.143. The summed E-state index contributed by atoms with van der Waals surface area (Å²) in [5.41, 5.74) is 0.693. The summed E-state index contributed by atoms with van der Waals surface area (Å²) in [5, 5.41) is 22.2. The summed E-state index contributed by atoms with van der Waals surface area (Å²) in [6, 6.07) is 11.3. The van der Waals surface area contributed by atoms with Crippen LogP contribution in [-0.2, 0) is 9.59 Å². The van der Waals surface area contributed by atoms with Crippen molar-refractivity contribution < 1.29 is 24.4 Å². The summed E-state index contributed by atoms with van der Waals surface area (Å²) in [7, 11) is 3.81. The van der Waals surface area contributed by atoms with E-state index in [4.69, 9.17) is 4.74 Å². The maximum atomic E-state index is 13.0. The first-order valence-corrected chi connectivity index (χ1v) is 10.8. The lowest BCUT2D eigenvalue weighted by atomic mass is 9.95. The largest absolute Gasteiger partial charge is 0.507 e. The van der Waals surface area contributed by atoms with E-state index in [2.05, 4.69) is 6.58 Å². The number of likely N-dealkylation sites (tertiary alicyclic amines) is 1. The number of benzene rings is 2. The molecule has 34 heavy (non-hydrogen) atoms. The molecule has 1 amide bonds. The number of aliphatic hydroxyl groups is 1. The Morgan fingerprint density at radius 3 is 2.38 bits per heavy atom. The van der Waals surface area contributed by atoms with Gasteiger partial charge in [0.2, 0.25) is 0 Å². The standard InChI is InChI=1S/C25H27N3O6/c1-4-16-34-20-12-8-18(9-13-20)23(29)21-22(17-6-10-19(11-7-17)28(32)33)27(25(31)24(21)30)15-5-14-26(2)3/h4,6-13,22,29H,1,5,14-16H2,2-3H3/b23-21+/t22-/m0/s1. The van der Waals surface area contributed by atoms with Crippen LogP contribution >= 0.6 is 0 Å². The van der Waals surface area contributed by atoms with Gasteiger partial charge >= 0.3 is 0 Å². The molecule has 1 aliphatic rings. The number of non-ortho nitro benzene ring substituents is 1. The van der Waals surface area contributed by atoms with Gasteiger partial charge in [0, 0.05) is 24.2 Å². The first-order valence-electron chi connectivity index (χ1n) is 10.8. The third kappa shape index (κ3) is 5.32. The summed E-state index contributed by atoms with van der Waals surface area (Å²) >= 11 is 0. The monoisotopic (exact) mass is 465 g/mol. The van der Waals surface area contributed by atoms with Crippen LogP contribution < -0.4 is 4.74 Å². The van der Waals surface area contributed by atoms with E-state index in [-0.39, 0.29) is 23.6 Å². The normalized spacial score (nSPS) is 17.3. The summed E-state index contributed by atoms with van der Waals surface area (Å²) in [6.07, 6.45) is 2.22. The lowest BCUT2D eigenvalue weighted by Crippen LogP contribution is -2.32. The van der Waals surface area contributed by atoms with Crippen molar-refractivity contribution in [2.45, 2.75) is 12.5 Å². The Morgan fingerprint density at radius 2 is 1.82 bits per heavy atom. The van der Waals surface area contributed by atoms with Crippen molar-refractivity contribution in [3.63, 3.8) is 0 Å². The highest BCUT2D eigenvalue weighted by atomic mass is 16.6. The van der Waals surface area contributed by atoms with Gasteiger partial charge in [-0.05, 0) is 69.0 Å². The molecule has 1 heterocycles. The Kier molecular flexibility index (Phi) is 7.80. The number of ketones is 1. The van der Waals surface area contributed by atoms with Crippen molar-refractivity contribution in [2.75, 3.05) is 33.8 Å². The zero-order chi connectivity index (χ0) is 24.8. The summed E-state index contributed by atoms with van der Waals surface area (Å²) in [5.74, 6) is -1.26. The highest BCUT2D eigenvalue weighted by Crippen LogP contribution is 2.40. The second kappa shape index (κ2) is 10.8. The zero-order valence-corrected chi connectivity index (χ0v) is 19.1. The van der Waals surface area contributed by atoms with Gasteiger partial charge in [-0.15, -0.1) is 0 Å². The van der Waals surface area contributed by atoms with Gasteiger partial charge in [0.15, 0.2) is 0 Å². The van der Waals surface area contributed by atoms with Crippen LogP contribution in [0.5, 0.6) is 5.75 Å². The fourth-order valence-electron chi connectivity index (χ4n) is 3.81. The van der Waals surface area contributed by atoms with Crippen LogP contribution in [0.25, 0.3) is 5.76 Å². The van der Waals surface area contributed by atoms with Crippen molar-refractivity contribution in [3.05, 3.63) is 88.0 Å². The number of rotatable bonds is 10. The third-order valence-corrected chi connectivity index (χ3v) is 5.46. The molecule has 2 aromatic carbocycles. The molecular weight excluding hydrogens is 438 g/mol. The molecule has 2 aromatic rings. The van der Waals surface area contributed by atoms with Gasteiger partial charge in [0.1, 0.15) is 18.1 Å². The summed E-state index contributed by atoms with van der Waals surface area (Å²) in [4.78, 5) is 39.9. The Morgan fingerprint density at radius 1 is 1.18 bits per heavy atom. The van der Waals surface area contributed by atoms with E-state index in [1.165, 1.54) is 29.2 Å². The predicted molar refractivity (Wildman–Crippen MR) is 127 cm³/mol. The highest BCUT2D eigenvalue weighted by molar-refractivity contribution is 6.46. The Bertz CT molecular complexity index is 1110. The van der Waals surface area contributed by atoms with E-state index in [0.717, 1.165) is 0 Å². The van der Waals surface area contributed by atoms with Gasteiger partial charge in [0.25, 0.3) is 17.4 Å². The van der Waals surface area contributed by atoms with Gasteiger partial charge in [-0.3, -0.25) is 19.7 Å². The Balaban J connectivity index is 2.04. The summed E-state index contributed by atoms with van der Waals surface area (Å²) < 4.78 is 5.45. The van der Waals surface area contributed by atoms with Crippen molar-refractivity contribution >= 4 is 23.1 Å². The molecule has 9 nitrogen and oxygen atoms in total. The number of nitro benzene ring substituents is 1. The SMILES string of the molecule is C=CCOc1ccc(/C(O)=C2\C(=O)C(=O)N(CCCN(C)C)[C@H]2c2ccc([N+](=O)[O-])cc2)cc1. The minimum Gasteiger partial charge on any atom is -0.507 e. The highest BCUT2D eigenvalue weighted by Gasteiger charge is 2.45. The van der Waals surface area contributed by atoms with E-state index in [1.807, 2.05) is 19.0 Å². The van der Waals surface area contributed by atoms with Gasteiger partial charge < -0.3 is 19.6 Å². The lowest BCUT2D eigenvalue weighted by molar-refractivity contribution is -0.384. The molecule has 178 valence electrons. The summed E-state index contributed by atoms with van der Waals surface area (Å²) in [6.45, 7) is 4.90. The van der Waals surface area contributed by atoms with Crippen LogP contribution in [0, 0.1) is 10.1 Å². The molecule has 1 aliphatic heterocycles. The van der Waals surface area contributed by atoms with Crippen molar-refractivity contribution in [3.8, 4) is 5.75 Å². The van der Waals surface area contributed by atoms with Crippen LogP contribution in [0.4, 0.5) is 5.69 Å². The number of nitro groups is 1. The predicted octanol–water partition coefficient (Wildman–Crippen LogP) is 3.53. The number of aliphatic hydroxyl groups excluding tert-OH is 1. The van der Waals surface area contributed by atoms with Crippen LogP contribution in [0.15, 0.2) is 66.8 Å². The van der Waals surface area contributed by atoms with Crippen molar-refractivity contribution in [2.24, 2.45) is 0 Å². The number of Topliss-reactive ketones (excluding diaryl/α,β-unsaturated/α-hetero) is 1. The average molecular weight is 466 g/mol. The number of carbonyl (C=O) groups excluding carboxylic acids is 2. The molecule has 0 unspecified atom stereocenters. The molecule has 0 aromatic heterocycles. The van der Waals surface area contributed by atoms with Crippen LogP contribution in [0.3, 0.4) is 0 Å². The molecule has 3 rings (SSSR count). The van der Waals surface area contributed by atoms with Gasteiger partial charge in [-0.2, -0.15) is 0 Å². The van der Waals surface area contributed by atoms with Gasteiger partial charge in [-0.1, -0.05) is 12.7 Å². The molecular formula is C25H27N3O6. The van der Waals surface area contributed by atoms with Gasteiger partial charge in [-0.25, -0.2) is 0 Å². The second-order valence-electron chi connectivity index (χ2n) is 8.12. The average Bonchev–Trinajstić information content (AvgIpc) is 3.07. The van der Waals surface area contributed by atoms with E-state index in [0.29, 0.717) is 36.4 Å². The molecule has 0 aliphatic carbocycles. The number of carbonyl (C=O) groups is 2. The topological polar surface area (TPSA) is 113 Å². The van der Waals surface area contributed by atoms with Crippen molar-refractivity contribution in [1.29, 1.82) is 0 Å². The molecule has 0 bridgehead atoms. The molecule has 1 N–H and O–H groups in total. The fourth-order valence-corrected chi connectivity index (χ4v) is 3.81. The van der Waals surface area contributed by atoms with Crippen LogP contribution in [0.2, 0.25) is 0 Å². The third-order valence-electron chi connectivity index (χ3n) is 5.46. The van der Waals surface area contributed by atoms with E-state index >= 15 is 0 Å². The minimum absolute atomic E-state index is 0.0523. The molecule has 1 atom stereocenters. The van der Waals surface area contributed by atoms with Crippen molar-refractivity contribution in [1.82, 2.24) is 9.80 Å². The van der Waals surface area contributed by atoms with Gasteiger partial charge in [0.05, 0.1) is 16.5 Å². The number of nitrogens with zero attached hydrogens (tertiary/aromatic N) is 3. The number of ether oxygens (including phenoxy) is 1. The number of hydrogen-bond donors (Lipinski definition) is 1. The zero-order valence-electron chi connectivity index (χ0n) is 19.1. The first kappa shape index (κ1) is 24.7. The molecule has 0 spiro atoms. The number of hydrogen-bond acceptors (Lipinski definition) is 7. The molecule has 1 saturated heterocycles. The molecule has 9 heteroatoms. The first-order chi connectivity index (χ1) is 16.2. The molecule has 0 saturated carbocycles. The Hall–Kier alpha value is -3.98. The van der Waals surface area contributed by atoms with E-state index < -0.39 is 22.7 Å².